The molecule has 0 spiro atoms. The number of nitrogens with one attached hydrogen (secondary N) is 2. The summed E-state index contributed by atoms with van der Waals surface area (Å²) < 4.78 is 1.79. The summed E-state index contributed by atoms with van der Waals surface area (Å²) in [4.78, 5) is 7.21. The molecule has 2 N–H and O–H groups in total. The van der Waals surface area contributed by atoms with Crippen molar-refractivity contribution >= 4 is 41.3 Å². The summed E-state index contributed by atoms with van der Waals surface area (Å²) in [5, 5.41) is 10.7. The van der Waals surface area contributed by atoms with Crippen LogP contribution in [0, 0.1) is 6.92 Å². The summed E-state index contributed by atoms with van der Waals surface area (Å²) >= 11 is 1.81. The van der Waals surface area contributed by atoms with Crippen LogP contribution in [0.2, 0.25) is 0 Å². The van der Waals surface area contributed by atoms with E-state index in [0.29, 0.717) is 6.54 Å². The van der Waals surface area contributed by atoms with Gasteiger partial charge in [-0.1, -0.05) is 0 Å². The zero-order valence-electron chi connectivity index (χ0n) is 12.6. The fourth-order valence-corrected chi connectivity index (χ4v) is 2.65. The first kappa shape index (κ1) is 18.0. The number of halogens is 1. The molecule has 0 bridgehead atoms. The minimum Gasteiger partial charge on any atom is -0.357 e. The number of guanidine groups is 1. The number of aliphatic imine (C=N–C) groups is 1. The van der Waals surface area contributed by atoms with E-state index in [-0.39, 0.29) is 24.0 Å². The zero-order chi connectivity index (χ0) is 14.4. The molecule has 0 aliphatic rings. The minimum atomic E-state index is 0. The largest absolute Gasteiger partial charge is 0.357 e. The Labute approximate surface area is 146 Å². The van der Waals surface area contributed by atoms with Crippen LogP contribution in [0.25, 0.3) is 0 Å². The molecule has 0 aliphatic carbocycles. The van der Waals surface area contributed by atoms with Crippen LogP contribution in [-0.4, -0.2) is 22.3 Å². The van der Waals surface area contributed by atoms with Crippen molar-refractivity contribution in [2.45, 2.75) is 26.9 Å². The first-order chi connectivity index (χ1) is 9.67. The predicted octanol–water partition coefficient (Wildman–Crippen LogP) is 2.66. The van der Waals surface area contributed by atoms with E-state index in [9.17, 15) is 0 Å². The Kier molecular flexibility index (Phi) is 7.73. The van der Waals surface area contributed by atoms with Crippen LogP contribution in [0.4, 0.5) is 0 Å². The summed E-state index contributed by atoms with van der Waals surface area (Å²) in [5.74, 6) is 0.836. The molecule has 0 unspecified atom stereocenters. The van der Waals surface area contributed by atoms with Crippen LogP contribution >= 0.6 is 35.3 Å². The molecule has 0 aromatic carbocycles. The van der Waals surface area contributed by atoms with Crippen molar-refractivity contribution in [3.8, 4) is 0 Å². The summed E-state index contributed by atoms with van der Waals surface area (Å²) in [6, 6.07) is 4.29. The SMILES string of the molecule is CCNC(=NCc1cnn(C)c1)NCc1ccc(C)s1.I. The number of hydrogen-bond acceptors (Lipinski definition) is 3. The Morgan fingerprint density at radius 3 is 2.76 bits per heavy atom. The molecule has 5 nitrogen and oxygen atoms in total. The molecular weight excluding hydrogens is 397 g/mol. The van der Waals surface area contributed by atoms with Gasteiger partial charge in [0.2, 0.25) is 0 Å². The lowest BCUT2D eigenvalue weighted by Crippen LogP contribution is -2.36. The Morgan fingerprint density at radius 2 is 2.19 bits per heavy atom. The topological polar surface area (TPSA) is 54.2 Å². The first-order valence-electron chi connectivity index (χ1n) is 6.72. The number of aromatic nitrogens is 2. The Balaban J connectivity index is 0.00000220. The Morgan fingerprint density at radius 1 is 1.38 bits per heavy atom. The maximum Gasteiger partial charge on any atom is 0.191 e. The number of nitrogens with zero attached hydrogens (tertiary/aromatic N) is 3. The second-order valence-electron chi connectivity index (χ2n) is 4.58. The lowest BCUT2D eigenvalue weighted by Gasteiger charge is -2.10. The molecule has 0 saturated heterocycles. The van der Waals surface area contributed by atoms with Gasteiger partial charge in [0.15, 0.2) is 5.96 Å². The maximum absolute atomic E-state index is 4.56. The zero-order valence-corrected chi connectivity index (χ0v) is 15.7. The van der Waals surface area contributed by atoms with Crippen LogP contribution in [0.3, 0.4) is 0 Å². The van der Waals surface area contributed by atoms with Crippen LogP contribution in [0.15, 0.2) is 29.5 Å². The fraction of sp³-hybridized carbons (Fsp3) is 0.429. The summed E-state index contributed by atoms with van der Waals surface area (Å²) in [5.41, 5.74) is 1.11. The van der Waals surface area contributed by atoms with E-state index in [1.54, 1.807) is 4.68 Å². The smallest absolute Gasteiger partial charge is 0.191 e. The van der Waals surface area contributed by atoms with Gasteiger partial charge in [0.05, 0.1) is 19.3 Å². The van der Waals surface area contributed by atoms with Crippen LogP contribution in [-0.2, 0) is 20.1 Å². The molecule has 0 fully saturated rings. The molecule has 2 aromatic heterocycles. The third-order valence-electron chi connectivity index (χ3n) is 2.75. The maximum atomic E-state index is 4.56. The quantitative estimate of drug-likeness (QED) is 0.445. The molecule has 116 valence electrons. The standard InChI is InChI=1S/C14H21N5S.HI/c1-4-15-14(16-7-12-8-18-19(3)10-12)17-9-13-6-5-11(2)20-13;/h5-6,8,10H,4,7,9H2,1-3H3,(H2,15,16,17);1H. The number of thiophene rings is 1. The Bertz CT molecular complexity index is 575. The van der Waals surface area contributed by atoms with Crippen molar-refractivity contribution in [2.75, 3.05) is 6.54 Å². The summed E-state index contributed by atoms with van der Waals surface area (Å²) in [6.45, 7) is 6.47. The van der Waals surface area contributed by atoms with E-state index >= 15 is 0 Å². The van der Waals surface area contributed by atoms with Crippen molar-refractivity contribution in [2.24, 2.45) is 12.0 Å². The molecule has 0 aliphatic heterocycles. The van der Waals surface area contributed by atoms with Crippen molar-refractivity contribution < 1.29 is 0 Å². The predicted molar refractivity (Wildman–Crippen MR) is 99.3 cm³/mol. The van der Waals surface area contributed by atoms with E-state index in [0.717, 1.165) is 24.6 Å². The highest BCUT2D eigenvalue weighted by molar-refractivity contribution is 14.0. The van der Waals surface area contributed by atoms with Gasteiger partial charge in [-0.2, -0.15) is 5.10 Å². The van der Waals surface area contributed by atoms with Crippen molar-refractivity contribution in [1.29, 1.82) is 0 Å². The molecule has 21 heavy (non-hydrogen) atoms. The molecule has 2 rings (SSSR count). The fourth-order valence-electron chi connectivity index (χ4n) is 1.82. The summed E-state index contributed by atoms with van der Waals surface area (Å²) in [7, 11) is 1.91. The first-order valence-corrected chi connectivity index (χ1v) is 7.54. The van der Waals surface area contributed by atoms with Crippen molar-refractivity contribution in [3.63, 3.8) is 0 Å². The monoisotopic (exact) mass is 419 g/mol. The summed E-state index contributed by atoms with van der Waals surface area (Å²) in [6.07, 6.45) is 3.82. The molecule has 0 amide bonds. The molecule has 0 atom stereocenters. The van der Waals surface area contributed by atoms with Crippen molar-refractivity contribution in [1.82, 2.24) is 20.4 Å². The van der Waals surface area contributed by atoms with E-state index in [2.05, 4.69) is 46.7 Å². The third kappa shape index (κ3) is 6.04. The average molecular weight is 419 g/mol. The number of hydrogen-bond donors (Lipinski definition) is 2. The Hall–Kier alpha value is -1.09. The van der Waals surface area contributed by atoms with Gasteiger partial charge in [-0.25, -0.2) is 4.99 Å². The van der Waals surface area contributed by atoms with Gasteiger partial charge in [0, 0.05) is 35.1 Å². The highest BCUT2D eigenvalue weighted by Gasteiger charge is 2.01. The molecule has 0 radical (unpaired) electrons. The van der Waals surface area contributed by atoms with E-state index < -0.39 is 0 Å². The highest BCUT2D eigenvalue weighted by Crippen LogP contribution is 2.14. The number of aryl methyl sites for hydroxylation is 2. The van der Waals surface area contributed by atoms with Gasteiger partial charge >= 0.3 is 0 Å². The van der Waals surface area contributed by atoms with E-state index in [1.807, 2.05) is 30.8 Å². The minimum absolute atomic E-state index is 0. The molecule has 7 heteroatoms. The highest BCUT2D eigenvalue weighted by atomic mass is 127. The molecule has 0 saturated carbocycles. The average Bonchev–Trinajstić information content (AvgIpc) is 3.02. The molecular formula is C14H22IN5S. The van der Waals surface area contributed by atoms with Gasteiger partial charge in [-0.3, -0.25) is 4.68 Å². The number of rotatable bonds is 5. The van der Waals surface area contributed by atoms with Gasteiger partial charge in [-0.05, 0) is 26.0 Å². The van der Waals surface area contributed by atoms with Gasteiger partial charge in [0.25, 0.3) is 0 Å². The van der Waals surface area contributed by atoms with Crippen LogP contribution < -0.4 is 10.6 Å². The molecule has 2 aromatic rings. The second-order valence-corrected chi connectivity index (χ2v) is 5.96. The third-order valence-corrected chi connectivity index (χ3v) is 3.75. The van der Waals surface area contributed by atoms with Crippen LogP contribution in [0.1, 0.15) is 22.2 Å². The van der Waals surface area contributed by atoms with E-state index in [1.165, 1.54) is 9.75 Å². The normalized spacial score (nSPS) is 11.1. The van der Waals surface area contributed by atoms with Gasteiger partial charge in [0.1, 0.15) is 0 Å². The van der Waals surface area contributed by atoms with Crippen LogP contribution in [0.5, 0.6) is 0 Å². The van der Waals surface area contributed by atoms with E-state index in [4.69, 9.17) is 0 Å². The van der Waals surface area contributed by atoms with Gasteiger partial charge in [-0.15, -0.1) is 35.3 Å². The molecule has 2 heterocycles. The lowest BCUT2D eigenvalue weighted by atomic mass is 10.4. The van der Waals surface area contributed by atoms with Gasteiger partial charge < -0.3 is 10.6 Å². The lowest BCUT2D eigenvalue weighted by molar-refractivity contribution is 0.766. The van der Waals surface area contributed by atoms with Crippen molar-refractivity contribution in [3.05, 3.63) is 39.8 Å². The second kappa shape index (κ2) is 9.04.